The summed E-state index contributed by atoms with van der Waals surface area (Å²) in [6, 6.07) is 10.2. The first kappa shape index (κ1) is 19.6. The monoisotopic (exact) mass is 472 g/mol. The molecule has 0 aliphatic carbocycles. The fraction of sp³-hybridized carbons (Fsp3) is 0.167. The molecule has 0 saturated carbocycles. The average molecular weight is 473 g/mol. The second-order valence-electron chi connectivity index (χ2n) is 6.50. The van der Waals surface area contributed by atoms with Crippen molar-refractivity contribution in [3.05, 3.63) is 63.1 Å². The molecular weight excluding hydrogens is 460 g/mol. The highest BCUT2D eigenvalue weighted by atomic mass is 79.9. The van der Waals surface area contributed by atoms with Gasteiger partial charge in [-0.15, -0.1) is 0 Å². The quantitative estimate of drug-likeness (QED) is 0.402. The number of hydrogen-bond donors (Lipinski definition) is 1. The zero-order chi connectivity index (χ0) is 21.4. The molecule has 0 unspecified atom stereocenters. The predicted molar refractivity (Wildman–Crippen MR) is 107 cm³/mol. The molecule has 30 heavy (non-hydrogen) atoms. The van der Waals surface area contributed by atoms with Gasteiger partial charge in [-0.2, -0.15) is 5.11 Å². The van der Waals surface area contributed by atoms with Crippen molar-refractivity contribution in [2.45, 2.75) is 12.1 Å². The number of nitrogens with zero attached hydrogens (tertiary/aromatic N) is 5. The summed E-state index contributed by atoms with van der Waals surface area (Å²) in [5.41, 5.74) is 0.146. The van der Waals surface area contributed by atoms with Crippen molar-refractivity contribution >= 4 is 50.7 Å². The van der Waals surface area contributed by atoms with E-state index in [9.17, 15) is 24.5 Å². The van der Waals surface area contributed by atoms with Crippen LogP contribution < -0.4 is 10.2 Å². The van der Waals surface area contributed by atoms with Crippen LogP contribution in [-0.4, -0.2) is 46.3 Å². The van der Waals surface area contributed by atoms with E-state index in [4.69, 9.17) is 0 Å². The average Bonchev–Trinajstić information content (AvgIpc) is 3.23. The fourth-order valence-electron chi connectivity index (χ4n) is 3.27. The molecule has 2 heterocycles. The molecule has 3 amide bonds. The zero-order valence-electron chi connectivity index (χ0n) is 15.1. The van der Waals surface area contributed by atoms with Crippen LogP contribution in [0.2, 0.25) is 0 Å². The summed E-state index contributed by atoms with van der Waals surface area (Å²) in [5.74, 6) is -1.71. The highest BCUT2D eigenvalue weighted by Crippen LogP contribution is 2.32. The Labute approximate surface area is 177 Å². The van der Waals surface area contributed by atoms with Gasteiger partial charge in [0.15, 0.2) is 12.1 Å². The maximum Gasteiger partial charge on any atom is 0.292 e. The first-order chi connectivity index (χ1) is 14.4. The summed E-state index contributed by atoms with van der Waals surface area (Å²) in [4.78, 5) is 49.5. The van der Waals surface area contributed by atoms with Gasteiger partial charge in [-0.3, -0.25) is 29.5 Å². The predicted octanol–water partition coefficient (Wildman–Crippen LogP) is 2.29. The van der Waals surface area contributed by atoms with Crippen LogP contribution in [0.1, 0.15) is 0 Å². The van der Waals surface area contributed by atoms with Crippen LogP contribution in [-0.2, 0) is 14.4 Å². The summed E-state index contributed by atoms with van der Waals surface area (Å²) < 4.78 is 0.790. The van der Waals surface area contributed by atoms with E-state index in [1.807, 2.05) is 0 Å². The Morgan fingerprint density at radius 3 is 2.53 bits per heavy atom. The van der Waals surface area contributed by atoms with Gasteiger partial charge in [0.2, 0.25) is 5.91 Å². The van der Waals surface area contributed by atoms with E-state index in [2.05, 4.69) is 31.6 Å². The number of nitrogens with one attached hydrogen (secondary N) is 1. The lowest BCUT2D eigenvalue weighted by Gasteiger charge is -2.20. The molecule has 1 saturated heterocycles. The lowest BCUT2D eigenvalue weighted by atomic mass is 10.1. The number of amides is 3. The van der Waals surface area contributed by atoms with E-state index in [1.54, 1.807) is 30.3 Å². The molecular formula is C18H13BrN6O5. The van der Waals surface area contributed by atoms with E-state index >= 15 is 0 Å². The number of fused-ring (bicyclic) bond motifs is 1. The molecule has 2 aliphatic heterocycles. The number of nitro benzene ring substituents is 1. The lowest BCUT2D eigenvalue weighted by molar-refractivity contribution is -0.383. The molecule has 2 atom stereocenters. The topological polar surface area (TPSA) is 138 Å². The fourth-order valence-corrected chi connectivity index (χ4v) is 3.54. The van der Waals surface area contributed by atoms with Crippen molar-refractivity contribution in [3.8, 4) is 0 Å². The van der Waals surface area contributed by atoms with Crippen molar-refractivity contribution in [2.75, 3.05) is 16.8 Å². The van der Waals surface area contributed by atoms with Crippen LogP contribution in [0.5, 0.6) is 0 Å². The Balaban J connectivity index is 1.50. The largest absolute Gasteiger partial charge is 0.319 e. The number of imide groups is 1. The van der Waals surface area contributed by atoms with Crippen molar-refractivity contribution in [1.29, 1.82) is 0 Å². The van der Waals surface area contributed by atoms with Gasteiger partial charge in [-0.25, -0.2) is 4.90 Å². The number of benzene rings is 2. The van der Waals surface area contributed by atoms with E-state index in [1.165, 1.54) is 18.2 Å². The minimum absolute atomic E-state index is 0.0190. The smallest absolute Gasteiger partial charge is 0.292 e. The van der Waals surface area contributed by atoms with Gasteiger partial charge < -0.3 is 5.32 Å². The van der Waals surface area contributed by atoms with Crippen LogP contribution in [0.25, 0.3) is 0 Å². The number of rotatable bonds is 5. The lowest BCUT2D eigenvalue weighted by Crippen LogP contribution is -2.43. The van der Waals surface area contributed by atoms with Crippen molar-refractivity contribution in [1.82, 2.24) is 5.01 Å². The molecule has 2 aliphatic rings. The SMILES string of the molecule is O=C(CN1N=N[C@@H]2C(=O)N(c3ccc(Br)cc3)C(=O)[C@@H]21)Nc1ccccc1[N+](=O)[O-]. The number of para-hydroxylation sites is 2. The van der Waals surface area contributed by atoms with Crippen LogP contribution >= 0.6 is 15.9 Å². The standard InChI is InChI=1S/C18H13BrN6O5/c19-10-5-7-11(8-6-10)24-17(27)15-16(18(24)28)23(22-21-15)9-14(26)20-12-3-1-2-4-13(12)25(29)30/h1-8,15-16H,9H2,(H,20,26)/t15-,16+/m0/s1. The summed E-state index contributed by atoms with van der Waals surface area (Å²) in [5, 5.41) is 22.3. The minimum Gasteiger partial charge on any atom is -0.319 e. The zero-order valence-corrected chi connectivity index (χ0v) is 16.7. The Morgan fingerprint density at radius 1 is 1.13 bits per heavy atom. The van der Waals surface area contributed by atoms with Crippen molar-refractivity contribution < 1.29 is 19.3 Å². The van der Waals surface area contributed by atoms with Crippen molar-refractivity contribution in [3.63, 3.8) is 0 Å². The normalized spacial score (nSPS) is 19.9. The maximum absolute atomic E-state index is 12.9. The Hall–Kier alpha value is -3.67. The third-order valence-corrected chi connectivity index (χ3v) is 5.15. The second-order valence-corrected chi connectivity index (χ2v) is 7.42. The van der Waals surface area contributed by atoms with Gasteiger partial charge in [0.25, 0.3) is 17.5 Å². The first-order valence-electron chi connectivity index (χ1n) is 8.71. The van der Waals surface area contributed by atoms with Crippen LogP contribution in [0, 0.1) is 10.1 Å². The second kappa shape index (κ2) is 7.63. The Bertz CT molecular complexity index is 1090. The molecule has 4 rings (SSSR count). The molecule has 12 heteroatoms. The summed E-state index contributed by atoms with van der Waals surface area (Å²) >= 11 is 3.29. The Kier molecular flexibility index (Phi) is 4.99. The molecule has 1 N–H and O–H groups in total. The molecule has 0 aromatic heterocycles. The molecule has 0 spiro atoms. The number of nitro groups is 1. The highest BCUT2D eigenvalue weighted by molar-refractivity contribution is 9.10. The van der Waals surface area contributed by atoms with Gasteiger partial charge in [-0.05, 0) is 30.3 Å². The van der Waals surface area contributed by atoms with Gasteiger partial charge >= 0.3 is 0 Å². The van der Waals surface area contributed by atoms with E-state index in [-0.39, 0.29) is 11.4 Å². The van der Waals surface area contributed by atoms with Gasteiger partial charge in [0.1, 0.15) is 12.2 Å². The van der Waals surface area contributed by atoms with Gasteiger partial charge in [-0.1, -0.05) is 33.3 Å². The number of carbonyl (C=O) groups is 3. The molecule has 2 aromatic carbocycles. The number of hydrogen-bond acceptors (Lipinski definition) is 8. The number of anilines is 2. The third-order valence-electron chi connectivity index (χ3n) is 4.62. The molecule has 0 bridgehead atoms. The molecule has 1 fully saturated rings. The summed E-state index contributed by atoms with van der Waals surface area (Å²) in [6.07, 6.45) is 0. The number of carbonyl (C=O) groups excluding carboxylic acids is 3. The van der Waals surface area contributed by atoms with Crippen molar-refractivity contribution in [2.24, 2.45) is 10.3 Å². The molecule has 0 radical (unpaired) electrons. The first-order valence-corrected chi connectivity index (χ1v) is 9.50. The van der Waals surface area contributed by atoms with E-state index in [0.29, 0.717) is 5.69 Å². The Morgan fingerprint density at radius 2 is 1.83 bits per heavy atom. The van der Waals surface area contributed by atoms with E-state index in [0.717, 1.165) is 14.4 Å². The van der Waals surface area contributed by atoms with Crippen LogP contribution in [0.4, 0.5) is 17.1 Å². The molecule has 152 valence electrons. The number of halogens is 1. The van der Waals surface area contributed by atoms with Crippen LogP contribution in [0.15, 0.2) is 63.3 Å². The van der Waals surface area contributed by atoms with Gasteiger partial charge in [0.05, 0.1) is 10.6 Å². The van der Waals surface area contributed by atoms with E-state index < -0.39 is 41.3 Å². The van der Waals surface area contributed by atoms with Gasteiger partial charge in [0, 0.05) is 10.5 Å². The highest BCUT2D eigenvalue weighted by Gasteiger charge is 2.55. The van der Waals surface area contributed by atoms with Crippen LogP contribution in [0.3, 0.4) is 0 Å². The third kappa shape index (κ3) is 3.41. The molecule has 2 aromatic rings. The maximum atomic E-state index is 12.9. The minimum atomic E-state index is -1.04. The molecule has 11 nitrogen and oxygen atoms in total. The summed E-state index contributed by atoms with van der Waals surface area (Å²) in [7, 11) is 0. The summed E-state index contributed by atoms with van der Waals surface area (Å²) in [6.45, 7) is -0.399.